The van der Waals surface area contributed by atoms with E-state index in [0.29, 0.717) is 0 Å². The minimum atomic E-state index is 0.128. The molecular formula is C10H12ClNO. The zero-order chi connectivity index (χ0) is 9.68. The van der Waals surface area contributed by atoms with Gasteiger partial charge < -0.3 is 5.21 Å². The van der Waals surface area contributed by atoms with Crippen LogP contribution in [0.4, 0.5) is 0 Å². The molecule has 0 heterocycles. The summed E-state index contributed by atoms with van der Waals surface area (Å²) in [6, 6.07) is 7.69. The third kappa shape index (κ3) is 2.74. The van der Waals surface area contributed by atoms with Crippen molar-refractivity contribution in [3.63, 3.8) is 0 Å². The molecule has 0 aliphatic carbocycles. The highest BCUT2D eigenvalue weighted by molar-refractivity contribution is 6.69. The second-order valence-corrected chi connectivity index (χ2v) is 3.20. The maximum absolute atomic E-state index is 8.42. The highest BCUT2D eigenvalue weighted by atomic mass is 35.5. The van der Waals surface area contributed by atoms with Crippen LogP contribution in [-0.2, 0) is 6.42 Å². The summed E-state index contributed by atoms with van der Waals surface area (Å²) in [6.07, 6.45) is 2.19. The van der Waals surface area contributed by atoms with Crippen LogP contribution in [-0.4, -0.2) is 10.4 Å². The Morgan fingerprint density at radius 3 is 2.46 bits per heavy atom. The summed E-state index contributed by atoms with van der Waals surface area (Å²) in [5, 5.41) is 11.5. The van der Waals surface area contributed by atoms with Crippen molar-refractivity contribution < 1.29 is 5.21 Å². The van der Waals surface area contributed by atoms with Gasteiger partial charge in [-0.05, 0) is 12.0 Å². The van der Waals surface area contributed by atoms with Crippen LogP contribution in [0.1, 0.15) is 24.5 Å². The molecule has 70 valence electrons. The molecule has 0 bridgehead atoms. The Labute approximate surface area is 82.8 Å². The fourth-order valence-corrected chi connectivity index (χ4v) is 1.28. The number of halogens is 1. The smallest absolute Gasteiger partial charge is 0.175 e. The molecule has 2 nitrogen and oxygen atoms in total. The molecule has 13 heavy (non-hydrogen) atoms. The summed E-state index contributed by atoms with van der Waals surface area (Å²) < 4.78 is 0. The van der Waals surface area contributed by atoms with Crippen LogP contribution in [0.2, 0.25) is 0 Å². The van der Waals surface area contributed by atoms with E-state index in [1.54, 1.807) is 0 Å². The first-order valence-electron chi connectivity index (χ1n) is 4.24. The van der Waals surface area contributed by atoms with Gasteiger partial charge in [0.25, 0.3) is 0 Å². The van der Waals surface area contributed by atoms with E-state index >= 15 is 0 Å². The minimum Gasteiger partial charge on any atom is -0.410 e. The maximum Gasteiger partial charge on any atom is 0.175 e. The molecule has 0 saturated carbocycles. The van der Waals surface area contributed by atoms with Gasteiger partial charge in [-0.15, -0.1) is 0 Å². The van der Waals surface area contributed by atoms with Gasteiger partial charge in [-0.1, -0.05) is 54.4 Å². The Morgan fingerprint density at radius 2 is 2.00 bits per heavy atom. The summed E-state index contributed by atoms with van der Waals surface area (Å²) in [5.41, 5.74) is 2.01. The van der Waals surface area contributed by atoms with Crippen LogP contribution in [0, 0.1) is 0 Å². The van der Waals surface area contributed by atoms with E-state index in [-0.39, 0.29) is 5.17 Å². The van der Waals surface area contributed by atoms with E-state index < -0.39 is 0 Å². The van der Waals surface area contributed by atoms with E-state index in [4.69, 9.17) is 16.8 Å². The number of nitrogens with zero attached hydrogens (tertiary/aromatic N) is 1. The van der Waals surface area contributed by atoms with Crippen LogP contribution in [0.3, 0.4) is 0 Å². The van der Waals surface area contributed by atoms with Gasteiger partial charge in [0.1, 0.15) is 0 Å². The van der Waals surface area contributed by atoms with Crippen molar-refractivity contribution in [1.82, 2.24) is 0 Å². The van der Waals surface area contributed by atoms with Gasteiger partial charge in [0, 0.05) is 5.56 Å². The van der Waals surface area contributed by atoms with Gasteiger partial charge in [0.15, 0.2) is 5.17 Å². The first kappa shape index (κ1) is 10.1. The summed E-state index contributed by atoms with van der Waals surface area (Å²) in [6.45, 7) is 2.13. The van der Waals surface area contributed by atoms with Crippen molar-refractivity contribution in [2.24, 2.45) is 5.16 Å². The zero-order valence-corrected chi connectivity index (χ0v) is 8.25. The second-order valence-electron chi connectivity index (χ2n) is 2.84. The first-order chi connectivity index (χ1) is 6.27. The van der Waals surface area contributed by atoms with Gasteiger partial charge >= 0.3 is 0 Å². The standard InChI is InChI=1S/C10H12ClNO/c1-2-3-8-4-6-9(7-5-8)10(11)12-13/h4-7,13H,2-3H2,1H3/b12-10+. The van der Waals surface area contributed by atoms with Crippen LogP contribution in [0.15, 0.2) is 29.4 Å². The Hall–Kier alpha value is -1.02. The highest BCUT2D eigenvalue weighted by Crippen LogP contribution is 2.09. The van der Waals surface area contributed by atoms with Crippen LogP contribution >= 0.6 is 11.6 Å². The molecule has 0 aromatic heterocycles. The molecule has 0 unspecified atom stereocenters. The first-order valence-corrected chi connectivity index (χ1v) is 4.62. The number of benzene rings is 1. The minimum absolute atomic E-state index is 0.128. The molecule has 0 spiro atoms. The van der Waals surface area contributed by atoms with Crippen molar-refractivity contribution in [2.75, 3.05) is 0 Å². The Morgan fingerprint density at radius 1 is 1.38 bits per heavy atom. The third-order valence-electron chi connectivity index (χ3n) is 1.82. The lowest BCUT2D eigenvalue weighted by Crippen LogP contribution is -1.91. The molecule has 0 aliphatic heterocycles. The van der Waals surface area contributed by atoms with E-state index in [2.05, 4.69) is 12.1 Å². The molecule has 1 aromatic rings. The average Bonchev–Trinajstić information content (AvgIpc) is 2.18. The van der Waals surface area contributed by atoms with Gasteiger partial charge in [-0.25, -0.2) is 0 Å². The Balaban J connectivity index is 2.81. The quantitative estimate of drug-likeness (QED) is 0.451. The van der Waals surface area contributed by atoms with Gasteiger partial charge in [-0.3, -0.25) is 0 Å². The van der Waals surface area contributed by atoms with Crippen LogP contribution in [0.5, 0.6) is 0 Å². The normalized spacial score (nSPS) is 11.7. The molecule has 0 saturated heterocycles. The largest absolute Gasteiger partial charge is 0.410 e. The summed E-state index contributed by atoms with van der Waals surface area (Å²) in [7, 11) is 0. The Kier molecular flexibility index (Phi) is 3.77. The lowest BCUT2D eigenvalue weighted by atomic mass is 10.1. The van der Waals surface area contributed by atoms with Crippen molar-refractivity contribution >= 4 is 16.8 Å². The monoisotopic (exact) mass is 197 g/mol. The number of aryl methyl sites for hydroxylation is 1. The predicted molar refractivity (Wildman–Crippen MR) is 54.6 cm³/mol. The van der Waals surface area contributed by atoms with E-state index in [0.717, 1.165) is 18.4 Å². The second kappa shape index (κ2) is 4.87. The molecular weight excluding hydrogens is 186 g/mol. The van der Waals surface area contributed by atoms with Crippen molar-refractivity contribution in [3.05, 3.63) is 35.4 Å². The van der Waals surface area contributed by atoms with Crippen molar-refractivity contribution in [3.8, 4) is 0 Å². The number of hydrogen-bond acceptors (Lipinski definition) is 2. The average molecular weight is 198 g/mol. The lowest BCUT2D eigenvalue weighted by Gasteiger charge is -1.99. The molecule has 1 N–H and O–H groups in total. The van der Waals surface area contributed by atoms with E-state index in [9.17, 15) is 0 Å². The Bertz CT molecular complexity index is 292. The molecule has 0 aliphatic rings. The predicted octanol–water partition coefficient (Wildman–Crippen LogP) is 3.01. The van der Waals surface area contributed by atoms with Crippen LogP contribution in [0.25, 0.3) is 0 Å². The number of oxime groups is 1. The van der Waals surface area contributed by atoms with Gasteiger partial charge in [-0.2, -0.15) is 0 Å². The fourth-order valence-electron chi connectivity index (χ4n) is 1.16. The fraction of sp³-hybridized carbons (Fsp3) is 0.300. The van der Waals surface area contributed by atoms with E-state index in [1.165, 1.54) is 5.56 Å². The summed E-state index contributed by atoms with van der Waals surface area (Å²) >= 11 is 5.62. The molecule has 3 heteroatoms. The lowest BCUT2D eigenvalue weighted by molar-refractivity contribution is 0.321. The zero-order valence-electron chi connectivity index (χ0n) is 7.50. The van der Waals surface area contributed by atoms with Crippen molar-refractivity contribution in [1.29, 1.82) is 0 Å². The van der Waals surface area contributed by atoms with Gasteiger partial charge in [0.2, 0.25) is 0 Å². The summed E-state index contributed by atoms with van der Waals surface area (Å²) in [4.78, 5) is 0. The molecule has 1 rings (SSSR count). The number of rotatable bonds is 3. The van der Waals surface area contributed by atoms with Crippen molar-refractivity contribution in [2.45, 2.75) is 19.8 Å². The SMILES string of the molecule is CCCc1ccc(/C(Cl)=N\O)cc1. The summed E-state index contributed by atoms with van der Waals surface area (Å²) in [5.74, 6) is 0. The molecule has 0 atom stereocenters. The molecule has 0 radical (unpaired) electrons. The third-order valence-corrected chi connectivity index (χ3v) is 2.11. The van der Waals surface area contributed by atoms with E-state index in [1.807, 2.05) is 24.3 Å². The number of hydrogen-bond donors (Lipinski definition) is 1. The van der Waals surface area contributed by atoms with Crippen LogP contribution < -0.4 is 0 Å². The molecule has 1 aromatic carbocycles. The van der Waals surface area contributed by atoms with Gasteiger partial charge in [0.05, 0.1) is 0 Å². The molecule has 0 amide bonds. The topological polar surface area (TPSA) is 32.6 Å². The molecule has 0 fully saturated rings. The highest BCUT2D eigenvalue weighted by Gasteiger charge is 1.99. The maximum atomic E-state index is 8.42.